The second-order valence-corrected chi connectivity index (χ2v) is 5.54. The van der Waals surface area contributed by atoms with E-state index in [1.54, 1.807) is 17.3 Å². The summed E-state index contributed by atoms with van der Waals surface area (Å²) in [6, 6.07) is 5.50. The molecule has 1 amide bonds. The summed E-state index contributed by atoms with van der Waals surface area (Å²) in [5, 5.41) is 8.79. The molecule has 0 saturated carbocycles. The minimum Gasteiger partial charge on any atom is -0.379 e. The van der Waals surface area contributed by atoms with E-state index in [2.05, 4.69) is 11.1 Å². The molecule has 1 aliphatic rings. The first-order valence-corrected chi connectivity index (χ1v) is 6.96. The molecular weight excluding hydrogens is 268 g/mol. The molecule has 2 rings (SSSR count). The van der Waals surface area contributed by atoms with Crippen molar-refractivity contribution in [2.45, 2.75) is 25.9 Å². The van der Waals surface area contributed by atoms with Gasteiger partial charge in [0.15, 0.2) is 0 Å². The molecule has 112 valence electrons. The molecule has 1 aromatic rings. The van der Waals surface area contributed by atoms with Gasteiger partial charge >= 0.3 is 0 Å². The van der Waals surface area contributed by atoms with Gasteiger partial charge in [-0.15, -0.1) is 0 Å². The van der Waals surface area contributed by atoms with Gasteiger partial charge in [-0.25, -0.2) is 0 Å². The van der Waals surface area contributed by atoms with Gasteiger partial charge in [-0.05, 0) is 18.6 Å². The summed E-state index contributed by atoms with van der Waals surface area (Å²) in [4.78, 5) is 18.6. The Kier molecular flexibility index (Phi) is 4.89. The molecule has 2 heterocycles. The third-order valence-electron chi connectivity index (χ3n) is 3.88. The minimum absolute atomic E-state index is 0.0633. The van der Waals surface area contributed by atoms with E-state index in [1.165, 1.54) is 0 Å². The van der Waals surface area contributed by atoms with Crippen LogP contribution in [0.2, 0.25) is 0 Å². The summed E-state index contributed by atoms with van der Waals surface area (Å²) in [5.74, 6) is -0.0633. The van der Waals surface area contributed by atoms with Crippen LogP contribution in [0.3, 0.4) is 0 Å². The average molecular weight is 288 g/mol. The van der Waals surface area contributed by atoms with Crippen molar-refractivity contribution in [3.05, 3.63) is 30.1 Å². The van der Waals surface area contributed by atoms with Gasteiger partial charge in [-0.1, -0.05) is 6.07 Å². The number of carbonyl (C=O) groups is 1. The predicted octanol–water partition coefficient (Wildman–Crippen LogP) is 0.688. The molecule has 0 aromatic carbocycles. The molecule has 2 unspecified atom stereocenters. The van der Waals surface area contributed by atoms with E-state index in [0.29, 0.717) is 26.3 Å². The lowest BCUT2D eigenvalue weighted by Crippen LogP contribution is -2.51. The fourth-order valence-corrected chi connectivity index (χ4v) is 2.42. The molecule has 0 bridgehead atoms. The van der Waals surface area contributed by atoms with E-state index >= 15 is 0 Å². The van der Waals surface area contributed by atoms with E-state index in [9.17, 15) is 4.79 Å². The Morgan fingerprint density at radius 2 is 2.52 bits per heavy atom. The van der Waals surface area contributed by atoms with Crippen molar-refractivity contribution in [3.8, 4) is 6.07 Å². The Bertz CT molecular complexity index is 528. The zero-order chi connectivity index (χ0) is 15.3. The largest absolute Gasteiger partial charge is 0.379 e. The number of hydrogen-bond donors (Lipinski definition) is 1. The van der Waals surface area contributed by atoms with Gasteiger partial charge in [0.05, 0.1) is 31.1 Å². The highest BCUT2D eigenvalue weighted by atomic mass is 16.5. The van der Waals surface area contributed by atoms with Crippen LogP contribution in [0.5, 0.6) is 0 Å². The molecule has 0 spiro atoms. The van der Waals surface area contributed by atoms with Gasteiger partial charge in [-0.3, -0.25) is 9.78 Å². The monoisotopic (exact) mass is 288 g/mol. The number of hydrogen-bond acceptors (Lipinski definition) is 5. The number of ether oxygens (including phenoxy) is 1. The van der Waals surface area contributed by atoms with E-state index in [4.69, 9.17) is 15.7 Å². The standard InChI is InChI=1S/C15H20N4O2/c1-15(11-21-10-13(15)17)14(20)19(7-3-5-16)9-12-4-2-6-18-8-12/h2,4,6,8,13H,3,7,9-11,17H2,1H3. The summed E-state index contributed by atoms with van der Waals surface area (Å²) in [5.41, 5.74) is 6.23. The van der Waals surface area contributed by atoms with Crippen molar-refractivity contribution in [1.82, 2.24) is 9.88 Å². The van der Waals surface area contributed by atoms with Crippen LogP contribution in [0.25, 0.3) is 0 Å². The summed E-state index contributed by atoms with van der Waals surface area (Å²) in [7, 11) is 0. The number of nitrogens with zero attached hydrogens (tertiary/aromatic N) is 3. The number of amides is 1. The molecule has 1 aliphatic heterocycles. The fraction of sp³-hybridized carbons (Fsp3) is 0.533. The van der Waals surface area contributed by atoms with Crippen molar-refractivity contribution in [2.75, 3.05) is 19.8 Å². The molecule has 6 heteroatoms. The van der Waals surface area contributed by atoms with Crippen LogP contribution < -0.4 is 5.73 Å². The van der Waals surface area contributed by atoms with Crippen LogP contribution >= 0.6 is 0 Å². The van der Waals surface area contributed by atoms with Crippen molar-refractivity contribution >= 4 is 5.91 Å². The molecule has 1 saturated heterocycles. The quantitative estimate of drug-likeness (QED) is 0.860. The maximum Gasteiger partial charge on any atom is 0.232 e. The molecule has 2 N–H and O–H groups in total. The highest BCUT2D eigenvalue weighted by Crippen LogP contribution is 2.30. The highest BCUT2D eigenvalue weighted by Gasteiger charge is 2.46. The van der Waals surface area contributed by atoms with Crippen LogP contribution in [0.15, 0.2) is 24.5 Å². The van der Waals surface area contributed by atoms with Crippen LogP contribution in [0.1, 0.15) is 18.9 Å². The topological polar surface area (TPSA) is 92.2 Å². The Balaban J connectivity index is 2.15. The van der Waals surface area contributed by atoms with Crippen molar-refractivity contribution < 1.29 is 9.53 Å². The molecule has 0 aliphatic carbocycles. The lowest BCUT2D eigenvalue weighted by molar-refractivity contribution is -0.142. The summed E-state index contributed by atoms with van der Waals surface area (Å²) < 4.78 is 5.35. The number of rotatable bonds is 5. The zero-order valence-corrected chi connectivity index (χ0v) is 12.2. The summed E-state index contributed by atoms with van der Waals surface area (Å²) in [6.45, 7) is 3.35. The van der Waals surface area contributed by atoms with Crippen molar-refractivity contribution in [1.29, 1.82) is 5.26 Å². The van der Waals surface area contributed by atoms with Gasteiger partial charge in [-0.2, -0.15) is 5.26 Å². The van der Waals surface area contributed by atoms with E-state index in [0.717, 1.165) is 5.56 Å². The molecule has 0 radical (unpaired) electrons. The summed E-state index contributed by atoms with van der Waals surface area (Å²) in [6.07, 6.45) is 3.70. The Morgan fingerprint density at radius 3 is 3.10 bits per heavy atom. The van der Waals surface area contributed by atoms with Gasteiger partial charge < -0.3 is 15.4 Å². The van der Waals surface area contributed by atoms with Crippen molar-refractivity contribution in [3.63, 3.8) is 0 Å². The SMILES string of the molecule is CC1(C(=O)N(CCC#N)Cc2cccnc2)COCC1N. The van der Waals surface area contributed by atoms with Crippen LogP contribution in [-0.4, -0.2) is 41.6 Å². The number of carbonyl (C=O) groups excluding carboxylic acids is 1. The number of aromatic nitrogens is 1. The third-order valence-corrected chi connectivity index (χ3v) is 3.88. The molecule has 2 atom stereocenters. The fourth-order valence-electron chi connectivity index (χ4n) is 2.42. The third kappa shape index (κ3) is 3.38. The minimum atomic E-state index is -0.725. The van der Waals surface area contributed by atoms with Gasteiger partial charge in [0.25, 0.3) is 0 Å². The Labute approximate surface area is 124 Å². The molecule has 1 fully saturated rings. The maximum atomic E-state index is 12.8. The van der Waals surface area contributed by atoms with Gasteiger partial charge in [0.2, 0.25) is 5.91 Å². The van der Waals surface area contributed by atoms with Gasteiger partial charge in [0.1, 0.15) is 0 Å². The smallest absolute Gasteiger partial charge is 0.232 e. The van der Waals surface area contributed by atoms with Crippen LogP contribution in [0.4, 0.5) is 0 Å². The Morgan fingerprint density at radius 1 is 1.71 bits per heavy atom. The Hall–Kier alpha value is -1.97. The number of pyridine rings is 1. The first-order valence-electron chi connectivity index (χ1n) is 6.96. The lowest BCUT2D eigenvalue weighted by Gasteiger charge is -2.33. The first kappa shape index (κ1) is 15.4. The number of nitrogens with two attached hydrogens (primary N) is 1. The highest BCUT2D eigenvalue weighted by molar-refractivity contribution is 5.83. The molecular formula is C15H20N4O2. The second-order valence-electron chi connectivity index (χ2n) is 5.54. The molecule has 21 heavy (non-hydrogen) atoms. The number of nitriles is 1. The van der Waals surface area contributed by atoms with E-state index in [1.807, 2.05) is 19.1 Å². The van der Waals surface area contributed by atoms with Crippen molar-refractivity contribution in [2.24, 2.45) is 11.1 Å². The van der Waals surface area contributed by atoms with E-state index in [-0.39, 0.29) is 18.4 Å². The van der Waals surface area contributed by atoms with Gasteiger partial charge in [0, 0.05) is 31.5 Å². The lowest BCUT2D eigenvalue weighted by atomic mass is 9.84. The normalized spacial score (nSPS) is 24.5. The molecule has 1 aromatic heterocycles. The average Bonchev–Trinajstić information content (AvgIpc) is 2.84. The first-order chi connectivity index (χ1) is 10.1. The van der Waals surface area contributed by atoms with E-state index < -0.39 is 5.41 Å². The molecule has 6 nitrogen and oxygen atoms in total. The summed E-state index contributed by atoms with van der Waals surface area (Å²) >= 11 is 0. The maximum absolute atomic E-state index is 12.8. The zero-order valence-electron chi connectivity index (χ0n) is 12.2. The predicted molar refractivity (Wildman–Crippen MR) is 76.8 cm³/mol. The van der Waals surface area contributed by atoms with Crippen LogP contribution in [0, 0.1) is 16.7 Å². The second kappa shape index (κ2) is 6.66. The van der Waals surface area contributed by atoms with Crippen LogP contribution in [-0.2, 0) is 16.1 Å².